The molecule has 0 bridgehead atoms. The van der Waals surface area contributed by atoms with Crippen molar-refractivity contribution in [2.75, 3.05) is 25.5 Å². The highest BCUT2D eigenvalue weighted by Crippen LogP contribution is 2.27. The van der Waals surface area contributed by atoms with Crippen LogP contribution in [0.5, 0.6) is 0 Å². The van der Waals surface area contributed by atoms with Gasteiger partial charge < -0.3 is 15.5 Å². The smallest absolute Gasteiger partial charge is 0.261 e. The first-order valence-electron chi connectivity index (χ1n) is 11.8. The molecule has 0 unspecified atom stereocenters. The quantitative estimate of drug-likeness (QED) is 0.260. The van der Waals surface area contributed by atoms with Crippen LogP contribution >= 0.6 is 11.3 Å². The van der Waals surface area contributed by atoms with Crippen molar-refractivity contribution in [1.82, 2.24) is 10.2 Å². The zero-order valence-electron chi connectivity index (χ0n) is 20.0. The van der Waals surface area contributed by atoms with Crippen LogP contribution in [0, 0.1) is 5.82 Å². The van der Waals surface area contributed by atoms with Gasteiger partial charge in [0, 0.05) is 29.2 Å². The second-order valence-electron chi connectivity index (χ2n) is 8.54. The average molecular weight is 502 g/mol. The van der Waals surface area contributed by atoms with Crippen LogP contribution in [0.1, 0.15) is 32.0 Å². The van der Waals surface area contributed by atoms with Crippen LogP contribution in [0.15, 0.2) is 91.0 Å². The number of hydrogen-bond donors (Lipinski definition) is 2. The third kappa shape index (κ3) is 7.10. The van der Waals surface area contributed by atoms with E-state index in [1.165, 1.54) is 35.6 Å². The van der Waals surface area contributed by atoms with Gasteiger partial charge in [0.2, 0.25) is 0 Å². The van der Waals surface area contributed by atoms with Gasteiger partial charge in [0.15, 0.2) is 0 Å². The number of rotatable bonds is 10. The summed E-state index contributed by atoms with van der Waals surface area (Å²) in [5, 5.41) is 5.86. The highest BCUT2D eigenvalue weighted by Gasteiger charge is 2.11. The molecule has 0 fully saturated rings. The third-order valence-electron chi connectivity index (χ3n) is 5.63. The molecule has 0 atom stereocenters. The maximum Gasteiger partial charge on any atom is 0.261 e. The Bertz CT molecular complexity index is 1310. The molecule has 4 rings (SSSR count). The lowest BCUT2D eigenvalue weighted by Gasteiger charge is -2.17. The molecule has 36 heavy (non-hydrogen) atoms. The minimum atomic E-state index is -0.375. The Labute approximate surface area is 214 Å². The fraction of sp³-hybridized carbons (Fsp3) is 0.172. The number of benzene rings is 3. The van der Waals surface area contributed by atoms with Crippen LogP contribution in [0.3, 0.4) is 0 Å². The first-order chi connectivity index (χ1) is 17.5. The van der Waals surface area contributed by atoms with Gasteiger partial charge in [-0.2, -0.15) is 0 Å². The summed E-state index contributed by atoms with van der Waals surface area (Å²) >= 11 is 1.50. The molecule has 0 aliphatic rings. The van der Waals surface area contributed by atoms with Crippen molar-refractivity contribution in [3.05, 3.63) is 113 Å². The van der Waals surface area contributed by atoms with Gasteiger partial charge in [-0.25, -0.2) is 4.39 Å². The summed E-state index contributed by atoms with van der Waals surface area (Å²) < 4.78 is 13.1. The van der Waals surface area contributed by atoms with Crippen LogP contribution < -0.4 is 10.6 Å². The van der Waals surface area contributed by atoms with E-state index in [9.17, 15) is 14.0 Å². The minimum Gasteiger partial charge on any atom is -0.351 e. The lowest BCUT2D eigenvalue weighted by molar-refractivity contribution is 0.0955. The van der Waals surface area contributed by atoms with Gasteiger partial charge in [0.1, 0.15) is 5.82 Å². The van der Waals surface area contributed by atoms with E-state index >= 15 is 0 Å². The maximum atomic E-state index is 13.1. The predicted molar refractivity (Wildman–Crippen MR) is 144 cm³/mol. The SMILES string of the molecule is CN(CCCNC(=O)c1ccc(-c2ccccc2)s1)Cc1cccc(NC(=O)c2ccc(F)cc2)c1. The van der Waals surface area contributed by atoms with Crippen LogP contribution in [-0.2, 0) is 6.54 Å². The Balaban J connectivity index is 1.20. The molecule has 2 N–H and O–H groups in total. The van der Waals surface area contributed by atoms with Crippen molar-refractivity contribution in [3.63, 3.8) is 0 Å². The number of thiophene rings is 1. The molecule has 5 nitrogen and oxygen atoms in total. The van der Waals surface area contributed by atoms with Crippen LogP contribution in [0.2, 0.25) is 0 Å². The van der Waals surface area contributed by atoms with E-state index in [0.29, 0.717) is 29.2 Å². The van der Waals surface area contributed by atoms with E-state index in [2.05, 4.69) is 15.5 Å². The number of halogens is 1. The molecule has 3 aromatic carbocycles. The van der Waals surface area contributed by atoms with Gasteiger partial charge >= 0.3 is 0 Å². The normalized spacial score (nSPS) is 10.9. The summed E-state index contributed by atoms with van der Waals surface area (Å²) in [4.78, 5) is 28.9. The number of carbonyl (C=O) groups is 2. The molecular weight excluding hydrogens is 473 g/mol. The summed E-state index contributed by atoms with van der Waals surface area (Å²) in [6.45, 7) is 2.11. The molecule has 7 heteroatoms. The first-order valence-corrected chi connectivity index (χ1v) is 12.6. The van der Waals surface area contributed by atoms with E-state index in [1.807, 2.05) is 73.8 Å². The number of anilines is 1. The summed E-state index contributed by atoms with van der Waals surface area (Å²) in [5.74, 6) is -0.702. The largest absolute Gasteiger partial charge is 0.351 e. The van der Waals surface area contributed by atoms with Crippen LogP contribution in [0.4, 0.5) is 10.1 Å². The molecule has 0 saturated carbocycles. The molecule has 0 spiro atoms. The molecular formula is C29H28FN3O2S. The van der Waals surface area contributed by atoms with Crippen molar-refractivity contribution >= 4 is 28.8 Å². The van der Waals surface area contributed by atoms with Crippen molar-refractivity contribution < 1.29 is 14.0 Å². The Kier molecular flexibility index (Phi) is 8.60. The van der Waals surface area contributed by atoms with Gasteiger partial charge in [-0.1, -0.05) is 42.5 Å². The lowest BCUT2D eigenvalue weighted by Crippen LogP contribution is -2.27. The highest BCUT2D eigenvalue weighted by molar-refractivity contribution is 7.17. The summed E-state index contributed by atoms with van der Waals surface area (Å²) in [7, 11) is 2.02. The lowest BCUT2D eigenvalue weighted by atomic mass is 10.1. The highest BCUT2D eigenvalue weighted by atomic mass is 32.1. The Morgan fingerprint density at radius 2 is 1.67 bits per heavy atom. The molecule has 1 aromatic heterocycles. The Morgan fingerprint density at radius 1 is 0.889 bits per heavy atom. The van der Waals surface area contributed by atoms with Crippen LogP contribution in [0.25, 0.3) is 10.4 Å². The number of nitrogens with one attached hydrogen (secondary N) is 2. The molecule has 184 valence electrons. The van der Waals surface area contributed by atoms with Gasteiger partial charge in [-0.05, 0) is 79.7 Å². The van der Waals surface area contributed by atoms with Crippen molar-refractivity contribution in [3.8, 4) is 10.4 Å². The average Bonchev–Trinajstić information content (AvgIpc) is 3.38. The molecule has 1 heterocycles. The number of hydrogen-bond acceptors (Lipinski definition) is 4. The molecule has 0 saturated heterocycles. The van der Waals surface area contributed by atoms with Gasteiger partial charge in [0.25, 0.3) is 11.8 Å². The maximum absolute atomic E-state index is 13.1. The second-order valence-corrected chi connectivity index (χ2v) is 9.62. The van der Waals surface area contributed by atoms with E-state index in [0.717, 1.165) is 29.0 Å². The zero-order chi connectivity index (χ0) is 25.3. The third-order valence-corrected chi connectivity index (χ3v) is 6.77. The molecule has 0 aliphatic carbocycles. The molecule has 2 amide bonds. The van der Waals surface area contributed by atoms with Crippen LogP contribution in [-0.4, -0.2) is 36.9 Å². The minimum absolute atomic E-state index is 0.0468. The van der Waals surface area contributed by atoms with E-state index in [1.54, 1.807) is 0 Å². The second kappa shape index (κ2) is 12.2. The van der Waals surface area contributed by atoms with E-state index in [4.69, 9.17) is 0 Å². The Morgan fingerprint density at radius 3 is 2.44 bits per heavy atom. The summed E-state index contributed by atoms with van der Waals surface area (Å²) in [6, 6.07) is 27.0. The van der Waals surface area contributed by atoms with Crippen molar-refractivity contribution in [2.24, 2.45) is 0 Å². The van der Waals surface area contributed by atoms with Gasteiger partial charge in [-0.3, -0.25) is 9.59 Å². The van der Waals surface area contributed by atoms with Gasteiger partial charge in [0.05, 0.1) is 4.88 Å². The zero-order valence-corrected chi connectivity index (χ0v) is 20.9. The Hall–Kier alpha value is -3.81. The predicted octanol–water partition coefficient (Wildman–Crippen LogP) is 6.06. The van der Waals surface area contributed by atoms with E-state index in [-0.39, 0.29) is 17.6 Å². The number of carbonyl (C=O) groups excluding carboxylic acids is 2. The standard InChI is InChI=1S/C29H28FN3O2S/c1-33(18-6-17-31-29(35)27-16-15-26(36-27)22-8-3-2-4-9-22)20-21-7-5-10-25(19-21)32-28(34)23-11-13-24(30)14-12-23/h2-5,7-16,19H,6,17-18,20H2,1H3,(H,31,35)(H,32,34). The topological polar surface area (TPSA) is 61.4 Å². The van der Waals surface area contributed by atoms with Crippen molar-refractivity contribution in [1.29, 1.82) is 0 Å². The monoisotopic (exact) mass is 501 g/mol. The first kappa shape index (κ1) is 25.3. The molecule has 0 aliphatic heterocycles. The summed E-state index contributed by atoms with van der Waals surface area (Å²) in [6.07, 6.45) is 0.820. The number of amides is 2. The number of nitrogens with zero attached hydrogens (tertiary/aromatic N) is 1. The van der Waals surface area contributed by atoms with E-state index < -0.39 is 0 Å². The fourth-order valence-corrected chi connectivity index (χ4v) is 4.73. The molecule has 0 radical (unpaired) electrons. The van der Waals surface area contributed by atoms with Gasteiger partial charge in [-0.15, -0.1) is 11.3 Å². The molecule has 4 aromatic rings. The summed E-state index contributed by atoms with van der Waals surface area (Å²) in [5.41, 5.74) is 3.26. The van der Waals surface area contributed by atoms with Crippen molar-refractivity contribution in [2.45, 2.75) is 13.0 Å². The fourth-order valence-electron chi connectivity index (χ4n) is 3.80.